The van der Waals surface area contributed by atoms with E-state index in [2.05, 4.69) is 5.32 Å². The van der Waals surface area contributed by atoms with Crippen LogP contribution in [0.15, 0.2) is 29.7 Å². The van der Waals surface area contributed by atoms with Gasteiger partial charge >= 0.3 is 0 Å². The van der Waals surface area contributed by atoms with E-state index in [1.54, 1.807) is 34.6 Å². The van der Waals surface area contributed by atoms with Crippen molar-refractivity contribution in [3.63, 3.8) is 0 Å². The molecule has 1 N–H and O–H groups in total. The second kappa shape index (κ2) is 5.72. The highest BCUT2D eigenvalue weighted by atomic mass is 35.5. The molecular weight excluding hydrogens is 308 g/mol. The van der Waals surface area contributed by atoms with Crippen LogP contribution >= 0.6 is 11.6 Å². The second-order valence-electron chi connectivity index (χ2n) is 5.79. The van der Waals surface area contributed by atoms with Crippen LogP contribution in [0, 0.1) is 11.8 Å². The van der Waals surface area contributed by atoms with Gasteiger partial charge in [0.05, 0.1) is 0 Å². The van der Waals surface area contributed by atoms with Crippen molar-refractivity contribution in [3.8, 4) is 0 Å². The molecule has 2 heterocycles. The first kappa shape index (κ1) is 15.0. The monoisotopic (exact) mass is 326 g/mol. The fraction of sp³-hybridized carbons (Fsp3) is 0.467. The van der Waals surface area contributed by atoms with Crippen molar-refractivity contribution in [2.75, 3.05) is 19.6 Å². The van der Waals surface area contributed by atoms with E-state index >= 15 is 0 Å². The topological polar surface area (TPSA) is 49.4 Å². The SMILES string of the molecule is CC1C2CNCC2CN1S(=O)(=O)C=Cc1ccc(Cl)cc1. The van der Waals surface area contributed by atoms with Crippen LogP contribution in [0.3, 0.4) is 0 Å². The van der Waals surface area contributed by atoms with Gasteiger partial charge in [-0.2, -0.15) is 4.31 Å². The summed E-state index contributed by atoms with van der Waals surface area (Å²) < 4.78 is 26.6. The lowest BCUT2D eigenvalue weighted by atomic mass is 9.95. The number of hydrogen-bond acceptors (Lipinski definition) is 3. The average molecular weight is 327 g/mol. The van der Waals surface area contributed by atoms with Gasteiger partial charge in [-0.25, -0.2) is 8.42 Å². The summed E-state index contributed by atoms with van der Waals surface area (Å²) in [5.41, 5.74) is 0.830. The van der Waals surface area contributed by atoms with E-state index < -0.39 is 10.0 Å². The van der Waals surface area contributed by atoms with Crippen molar-refractivity contribution >= 4 is 27.7 Å². The molecule has 1 aromatic rings. The Morgan fingerprint density at radius 1 is 1.29 bits per heavy atom. The number of sulfonamides is 1. The molecule has 1 aromatic carbocycles. The lowest BCUT2D eigenvalue weighted by molar-refractivity contribution is 0.364. The van der Waals surface area contributed by atoms with Gasteiger partial charge in [0.1, 0.15) is 0 Å². The molecule has 2 aliphatic heterocycles. The lowest BCUT2D eigenvalue weighted by Gasteiger charge is -2.22. The van der Waals surface area contributed by atoms with Gasteiger partial charge in [-0.3, -0.25) is 0 Å². The van der Waals surface area contributed by atoms with Gasteiger partial charge in [0.25, 0.3) is 0 Å². The van der Waals surface area contributed by atoms with E-state index in [4.69, 9.17) is 11.6 Å². The Kier molecular flexibility index (Phi) is 4.10. The first-order valence-electron chi connectivity index (χ1n) is 7.13. The summed E-state index contributed by atoms with van der Waals surface area (Å²) in [7, 11) is -3.37. The minimum Gasteiger partial charge on any atom is -0.316 e. The van der Waals surface area contributed by atoms with Gasteiger partial charge in [0, 0.05) is 23.0 Å². The van der Waals surface area contributed by atoms with Gasteiger partial charge in [-0.05, 0) is 55.6 Å². The molecule has 3 atom stereocenters. The zero-order valence-electron chi connectivity index (χ0n) is 11.9. The van der Waals surface area contributed by atoms with Gasteiger partial charge in [0.2, 0.25) is 10.0 Å². The van der Waals surface area contributed by atoms with Crippen LogP contribution in [-0.2, 0) is 10.0 Å². The van der Waals surface area contributed by atoms with Gasteiger partial charge in [-0.1, -0.05) is 23.7 Å². The fourth-order valence-electron chi connectivity index (χ4n) is 3.28. The number of halogens is 1. The molecule has 2 saturated heterocycles. The lowest BCUT2D eigenvalue weighted by Crippen LogP contribution is -2.36. The summed E-state index contributed by atoms with van der Waals surface area (Å²) in [6.45, 7) is 4.46. The molecule has 21 heavy (non-hydrogen) atoms. The first-order valence-corrected chi connectivity index (χ1v) is 9.02. The highest BCUT2D eigenvalue weighted by molar-refractivity contribution is 7.92. The average Bonchev–Trinajstić information content (AvgIpc) is 3.02. The first-order chi connectivity index (χ1) is 9.97. The predicted octanol–water partition coefficient (Wildman–Crippen LogP) is 2.18. The predicted molar refractivity (Wildman–Crippen MR) is 85.4 cm³/mol. The summed E-state index contributed by atoms with van der Waals surface area (Å²) in [5.74, 6) is 0.877. The maximum Gasteiger partial charge on any atom is 0.236 e. The van der Waals surface area contributed by atoms with Crippen LogP contribution < -0.4 is 5.32 Å². The molecular formula is C15H19ClN2O2S. The standard InChI is InChI=1S/C15H19ClN2O2S/c1-11-15-9-17-8-13(15)10-18(11)21(19,20)7-6-12-2-4-14(16)5-3-12/h2-7,11,13,15,17H,8-10H2,1H3. The number of fused-ring (bicyclic) bond motifs is 1. The summed E-state index contributed by atoms with van der Waals surface area (Å²) in [6, 6.07) is 7.18. The van der Waals surface area contributed by atoms with Crippen LogP contribution in [0.5, 0.6) is 0 Å². The molecule has 2 fully saturated rings. The fourth-order valence-corrected chi connectivity index (χ4v) is 4.91. The molecule has 0 aromatic heterocycles. The molecule has 0 aliphatic carbocycles. The van der Waals surface area contributed by atoms with E-state index in [1.165, 1.54) is 5.41 Å². The summed E-state index contributed by atoms with van der Waals surface area (Å²) in [6.07, 6.45) is 1.63. The molecule has 4 nitrogen and oxygen atoms in total. The highest BCUT2D eigenvalue weighted by Crippen LogP contribution is 2.34. The van der Waals surface area contributed by atoms with Crippen molar-refractivity contribution in [1.82, 2.24) is 9.62 Å². The normalized spacial score (nSPS) is 30.1. The maximum absolute atomic E-state index is 12.5. The Morgan fingerprint density at radius 3 is 2.67 bits per heavy atom. The molecule has 0 spiro atoms. The zero-order valence-corrected chi connectivity index (χ0v) is 13.4. The van der Waals surface area contributed by atoms with E-state index in [1.807, 2.05) is 6.92 Å². The smallest absolute Gasteiger partial charge is 0.236 e. The molecule has 2 aliphatic rings. The van der Waals surface area contributed by atoms with E-state index in [0.29, 0.717) is 23.4 Å². The second-order valence-corrected chi connectivity index (χ2v) is 8.00. The Bertz CT molecular complexity index is 642. The Labute approximate surface area is 130 Å². The molecule has 3 rings (SSSR count). The summed E-state index contributed by atoms with van der Waals surface area (Å²) in [5, 5.41) is 5.29. The number of rotatable bonds is 3. The minimum atomic E-state index is -3.37. The van der Waals surface area contributed by atoms with Crippen molar-refractivity contribution in [3.05, 3.63) is 40.3 Å². The van der Waals surface area contributed by atoms with E-state index in [9.17, 15) is 8.42 Å². The zero-order chi connectivity index (χ0) is 15.0. The van der Waals surface area contributed by atoms with Crippen molar-refractivity contribution in [2.24, 2.45) is 11.8 Å². The van der Waals surface area contributed by atoms with Crippen LogP contribution in [0.1, 0.15) is 12.5 Å². The third-order valence-electron chi connectivity index (χ3n) is 4.51. The van der Waals surface area contributed by atoms with Crippen molar-refractivity contribution in [1.29, 1.82) is 0 Å². The minimum absolute atomic E-state index is 0.0601. The van der Waals surface area contributed by atoms with Gasteiger partial charge in [-0.15, -0.1) is 0 Å². The molecule has 0 bridgehead atoms. The van der Waals surface area contributed by atoms with Crippen molar-refractivity contribution < 1.29 is 8.42 Å². The van der Waals surface area contributed by atoms with Crippen LogP contribution in [0.2, 0.25) is 5.02 Å². The number of hydrogen-bond donors (Lipinski definition) is 1. The molecule has 0 saturated carbocycles. The highest BCUT2D eigenvalue weighted by Gasteiger charge is 2.45. The van der Waals surface area contributed by atoms with Gasteiger partial charge in [0.15, 0.2) is 0 Å². The number of nitrogens with zero attached hydrogens (tertiary/aromatic N) is 1. The molecule has 114 valence electrons. The number of benzene rings is 1. The van der Waals surface area contributed by atoms with Crippen LogP contribution in [0.25, 0.3) is 6.08 Å². The Hall–Kier alpha value is -0.880. The van der Waals surface area contributed by atoms with E-state index in [0.717, 1.165) is 18.7 Å². The molecule has 0 radical (unpaired) electrons. The van der Waals surface area contributed by atoms with E-state index in [-0.39, 0.29) is 6.04 Å². The quantitative estimate of drug-likeness (QED) is 0.926. The molecule has 6 heteroatoms. The van der Waals surface area contributed by atoms with Gasteiger partial charge < -0.3 is 5.32 Å². The molecule has 3 unspecified atom stereocenters. The summed E-state index contributed by atoms with van der Waals surface area (Å²) in [4.78, 5) is 0. The third kappa shape index (κ3) is 3.01. The summed E-state index contributed by atoms with van der Waals surface area (Å²) >= 11 is 5.82. The number of nitrogens with one attached hydrogen (secondary N) is 1. The van der Waals surface area contributed by atoms with Crippen LogP contribution in [-0.4, -0.2) is 38.4 Å². The Balaban J connectivity index is 1.76. The molecule has 0 amide bonds. The van der Waals surface area contributed by atoms with Crippen molar-refractivity contribution in [2.45, 2.75) is 13.0 Å². The largest absolute Gasteiger partial charge is 0.316 e. The Morgan fingerprint density at radius 2 is 2.00 bits per heavy atom. The third-order valence-corrected chi connectivity index (χ3v) is 6.38. The van der Waals surface area contributed by atoms with Crippen LogP contribution in [0.4, 0.5) is 0 Å². The maximum atomic E-state index is 12.5.